The van der Waals surface area contributed by atoms with Crippen molar-refractivity contribution >= 4 is 11.6 Å². The Morgan fingerprint density at radius 2 is 1.81 bits per heavy atom. The van der Waals surface area contributed by atoms with E-state index in [1.165, 1.54) is 0 Å². The summed E-state index contributed by atoms with van der Waals surface area (Å²) in [5.74, 6) is -5.04. The van der Waals surface area contributed by atoms with Crippen LogP contribution < -0.4 is 5.73 Å². The smallest absolute Gasteiger partial charge is 0.319 e. The zero-order valence-electron chi connectivity index (χ0n) is 7.60. The molecular formula is C8H6ClF5N2. The van der Waals surface area contributed by atoms with Gasteiger partial charge in [0.15, 0.2) is 0 Å². The highest BCUT2D eigenvalue weighted by Gasteiger charge is 2.62. The second-order valence-electron chi connectivity index (χ2n) is 3.00. The summed E-state index contributed by atoms with van der Waals surface area (Å²) in [6.45, 7) is 0. The third-order valence-corrected chi connectivity index (χ3v) is 2.22. The summed E-state index contributed by atoms with van der Waals surface area (Å²) < 4.78 is 61.8. The van der Waals surface area contributed by atoms with E-state index in [4.69, 9.17) is 17.3 Å². The number of hydrogen-bond donors (Lipinski definition) is 1. The average Bonchev–Trinajstić information content (AvgIpc) is 2.15. The van der Waals surface area contributed by atoms with Gasteiger partial charge < -0.3 is 5.73 Å². The van der Waals surface area contributed by atoms with Gasteiger partial charge in [-0.3, -0.25) is 4.98 Å². The fourth-order valence-corrected chi connectivity index (χ4v) is 1.25. The summed E-state index contributed by atoms with van der Waals surface area (Å²) in [5, 5.41) is -0.334. The number of halogens is 6. The Balaban J connectivity index is 3.12. The maximum Gasteiger partial charge on any atom is 0.455 e. The van der Waals surface area contributed by atoms with Gasteiger partial charge in [-0.1, -0.05) is 11.6 Å². The second kappa shape index (κ2) is 4.14. The van der Waals surface area contributed by atoms with E-state index in [-0.39, 0.29) is 5.02 Å². The zero-order valence-corrected chi connectivity index (χ0v) is 8.36. The first-order valence-corrected chi connectivity index (χ1v) is 4.35. The molecule has 2 nitrogen and oxygen atoms in total. The van der Waals surface area contributed by atoms with Gasteiger partial charge in [-0.05, 0) is 11.6 Å². The highest BCUT2D eigenvalue weighted by Crippen LogP contribution is 2.44. The highest BCUT2D eigenvalue weighted by atomic mass is 35.5. The lowest BCUT2D eigenvalue weighted by atomic mass is 10.0. The minimum Gasteiger partial charge on any atom is -0.319 e. The molecule has 0 saturated carbocycles. The molecule has 0 fully saturated rings. The van der Waals surface area contributed by atoms with Crippen LogP contribution in [0.4, 0.5) is 22.0 Å². The van der Waals surface area contributed by atoms with Crippen molar-refractivity contribution in [3.05, 3.63) is 29.0 Å². The van der Waals surface area contributed by atoms with Gasteiger partial charge >= 0.3 is 12.1 Å². The van der Waals surface area contributed by atoms with E-state index in [0.29, 0.717) is 0 Å². The molecule has 1 aromatic rings. The van der Waals surface area contributed by atoms with Crippen LogP contribution in [0, 0.1) is 0 Å². The molecule has 0 aliphatic heterocycles. The monoisotopic (exact) mass is 260 g/mol. The van der Waals surface area contributed by atoms with Gasteiger partial charge in [-0.2, -0.15) is 22.0 Å². The van der Waals surface area contributed by atoms with E-state index >= 15 is 0 Å². The Morgan fingerprint density at radius 3 is 2.25 bits per heavy atom. The van der Waals surface area contributed by atoms with Crippen LogP contribution in [-0.4, -0.2) is 17.1 Å². The Kier molecular flexibility index (Phi) is 3.39. The fraction of sp³-hybridized carbons (Fsp3) is 0.375. The standard InChI is InChI=1S/C8H6ClF5N2/c9-5-3-16-2-1-4(5)6(15)7(10,11)8(12,13)14/h1-3,6H,15H2/t6-/m1/s1. The van der Waals surface area contributed by atoms with Crippen LogP contribution >= 0.6 is 11.6 Å². The molecule has 0 aliphatic rings. The topological polar surface area (TPSA) is 38.9 Å². The lowest BCUT2D eigenvalue weighted by molar-refractivity contribution is -0.290. The molecule has 0 bridgehead atoms. The van der Waals surface area contributed by atoms with Crippen molar-refractivity contribution in [3.8, 4) is 0 Å². The summed E-state index contributed by atoms with van der Waals surface area (Å²) in [4.78, 5) is 3.46. The number of nitrogens with two attached hydrogens (primary N) is 1. The van der Waals surface area contributed by atoms with Crippen LogP contribution in [0.25, 0.3) is 0 Å². The van der Waals surface area contributed by atoms with Crippen LogP contribution in [0.2, 0.25) is 5.02 Å². The number of rotatable bonds is 2. The molecule has 8 heteroatoms. The fourth-order valence-electron chi connectivity index (χ4n) is 1.01. The number of alkyl halides is 5. The van der Waals surface area contributed by atoms with Crippen molar-refractivity contribution in [2.45, 2.75) is 18.1 Å². The van der Waals surface area contributed by atoms with Gasteiger partial charge in [0.05, 0.1) is 5.02 Å². The second-order valence-corrected chi connectivity index (χ2v) is 3.40. The number of aromatic nitrogens is 1. The van der Waals surface area contributed by atoms with E-state index in [1.807, 2.05) is 0 Å². The van der Waals surface area contributed by atoms with Gasteiger partial charge in [0.25, 0.3) is 0 Å². The van der Waals surface area contributed by atoms with Crippen molar-refractivity contribution in [2.75, 3.05) is 0 Å². The Bertz CT molecular complexity index is 379. The summed E-state index contributed by atoms with van der Waals surface area (Å²) in [6, 6.07) is -1.63. The Morgan fingerprint density at radius 1 is 1.25 bits per heavy atom. The molecule has 0 saturated heterocycles. The van der Waals surface area contributed by atoms with Crippen LogP contribution in [0.5, 0.6) is 0 Å². The first-order valence-electron chi connectivity index (χ1n) is 3.97. The molecule has 1 heterocycles. The maximum absolute atomic E-state index is 12.9. The van der Waals surface area contributed by atoms with Crippen LogP contribution in [0.1, 0.15) is 11.6 Å². The zero-order chi connectivity index (χ0) is 12.6. The Hall–Kier alpha value is -0.950. The molecule has 1 aromatic heterocycles. The predicted molar refractivity (Wildman–Crippen MR) is 47.2 cm³/mol. The third kappa shape index (κ3) is 2.25. The first kappa shape index (κ1) is 13.1. The summed E-state index contributed by atoms with van der Waals surface area (Å²) in [5.41, 5.74) is 4.38. The van der Waals surface area contributed by atoms with Gasteiger partial charge in [-0.15, -0.1) is 0 Å². The molecule has 0 aromatic carbocycles. The molecule has 16 heavy (non-hydrogen) atoms. The molecule has 90 valence electrons. The molecule has 0 radical (unpaired) electrons. The van der Waals surface area contributed by atoms with Crippen molar-refractivity contribution in [1.29, 1.82) is 0 Å². The third-order valence-electron chi connectivity index (χ3n) is 1.91. The van der Waals surface area contributed by atoms with Crippen molar-refractivity contribution in [1.82, 2.24) is 4.98 Å². The van der Waals surface area contributed by atoms with E-state index in [0.717, 1.165) is 18.5 Å². The predicted octanol–water partition coefficient (Wildman–Crippen LogP) is 2.93. The quantitative estimate of drug-likeness (QED) is 0.831. The highest BCUT2D eigenvalue weighted by molar-refractivity contribution is 6.31. The summed E-state index contributed by atoms with van der Waals surface area (Å²) >= 11 is 5.43. The van der Waals surface area contributed by atoms with Gasteiger partial charge in [0, 0.05) is 12.4 Å². The van der Waals surface area contributed by atoms with Crippen molar-refractivity contribution < 1.29 is 22.0 Å². The molecule has 0 amide bonds. The van der Waals surface area contributed by atoms with Gasteiger partial charge in [0.2, 0.25) is 0 Å². The van der Waals surface area contributed by atoms with Crippen molar-refractivity contribution in [3.63, 3.8) is 0 Å². The lowest BCUT2D eigenvalue weighted by Gasteiger charge is -2.26. The summed E-state index contributed by atoms with van der Waals surface area (Å²) in [7, 11) is 0. The van der Waals surface area contributed by atoms with E-state index in [2.05, 4.69) is 4.98 Å². The number of pyridine rings is 1. The average molecular weight is 261 g/mol. The summed E-state index contributed by atoms with van der Waals surface area (Å²) in [6.07, 6.45) is -3.74. The van der Waals surface area contributed by atoms with Crippen LogP contribution in [-0.2, 0) is 0 Å². The normalized spacial score (nSPS) is 14.9. The van der Waals surface area contributed by atoms with Crippen LogP contribution in [0.3, 0.4) is 0 Å². The van der Waals surface area contributed by atoms with E-state index in [9.17, 15) is 22.0 Å². The molecule has 1 atom stereocenters. The molecule has 0 aliphatic carbocycles. The molecule has 1 rings (SSSR count). The number of nitrogens with zero attached hydrogens (tertiary/aromatic N) is 1. The molecule has 0 spiro atoms. The SMILES string of the molecule is N[C@H](c1ccncc1Cl)C(F)(F)C(F)(F)F. The molecule has 0 unspecified atom stereocenters. The minimum absolute atomic E-state index is 0.334. The largest absolute Gasteiger partial charge is 0.455 e. The van der Waals surface area contributed by atoms with E-state index in [1.54, 1.807) is 0 Å². The van der Waals surface area contributed by atoms with Gasteiger partial charge in [-0.25, -0.2) is 0 Å². The minimum atomic E-state index is -5.72. The van der Waals surface area contributed by atoms with E-state index < -0.39 is 23.7 Å². The maximum atomic E-state index is 12.9. The molecular weight excluding hydrogens is 255 g/mol. The van der Waals surface area contributed by atoms with Crippen molar-refractivity contribution in [2.24, 2.45) is 5.73 Å². The van der Waals surface area contributed by atoms with Crippen LogP contribution in [0.15, 0.2) is 18.5 Å². The Labute approximate surface area is 92.2 Å². The van der Waals surface area contributed by atoms with Gasteiger partial charge in [0.1, 0.15) is 6.04 Å². The number of hydrogen-bond acceptors (Lipinski definition) is 2. The molecule has 2 N–H and O–H groups in total. The lowest BCUT2D eigenvalue weighted by Crippen LogP contribution is -2.45. The first-order chi connectivity index (χ1) is 7.18.